The minimum Gasteiger partial charge on any atom is -0.507 e. The number of aryl methyl sites for hydroxylation is 1. The Morgan fingerprint density at radius 3 is 2.38 bits per heavy atom. The first-order chi connectivity index (χ1) is 17.7. The molecule has 4 rings (SSSR count). The molecule has 0 bridgehead atoms. The molecule has 1 N–H and O–H groups in total. The lowest BCUT2D eigenvalue weighted by molar-refractivity contribution is -0.139. The fourth-order valence-electron chi connectivity index (χ4n) is 4.48. The van der Waals surface area contributed by atoms with Crippen molar-refractivity contribution >= 4 is 17.4 Å². The Morgan fingerprint density at radius 2 is 1.78 bits per heavy atom. The molecular weight excluding hydrogens is 466 g/mol. The molecule has 37 heavy (non-hydrogen) atoms. The van der Waals surface area contributed by atoms with Crippen LogP contribution < -0.4 is 4.74 Å². The second kappa shape index (κ2) is 10.9. The molecule has 1 aliphatic heterocycles. The van der Waals surface area contributed by atoms with Crippen molar-refractivity contribution < 1.29 is 19.4 Å². The number of imidazole rings is 1. The Kier molecular flexibility index (Phi) is 7.62. The quantitative estimate of drug-likeness (QED) is 0.188. The molecule has 3 aromatic rings. The molecule has 2 aromatic carbocycles. The summed E-state index contributed by atoms with van der Waals surface area (Å²) in [5.41, 5.74) is 2.42. The third-order valence-corrected chi connectivity index (χ3v) is 6.50. The van der Waals surface area contributed by atoms with Crippen LogP contribution in [0.2, 0.25) is 0 Å². The van der Waals surface area contributed by atoms with E-state index in [0.29, 0.717) is 37.4 Å². The van der Waals surface area contributed by atoms with Gasteiger partial charge in [0.05, 0.1) is 17.9 Å². The average molecular weight is 500 g/mol. The topological polar surface area (TPSA) is 84.7 Å². The number of carbonyl (C=O) groups excluding carboxylic acids is 2. The molecule has 1 unspecified atom stereocenters. The molecule has 0 aliphatic carbocycles. The van der Waals surface area contributed by atoms with Crippen molar-refractivity contribution in [3.05, 3.63) is 102 Å². The molecule has 0 spiro atoms. The smallest absolute Gasteiger partial charge is 0.295 e. The number of nitrogens with zero attached hydrogens (tertiary/aromatic N) is 3. The molecule has 0 radical (unpaired) electrons. The highest BCUT2D eigenvalue weighted by molar-refractivity contribution is 6.46. The lowest BCUT2D eigenvalue weighted by Gasteiger charge is -2.26. The summed E-state index contributed by atoms with van der Waals surface area (Å²) in [5.74, 6) is -0.874. The van der Waals surface area contributed by atoms with E-state index in [-0.39, 0.29) is 16.7 Å². The second-order valence-electron chi connectivity index (χ2n) is 10.1. The highest BCUT2D eigenvalue weighted by Gasteiger charge is 2.45. The number of aliphatic hydroxyl groups excluding tert-OH is 1. The van der Waals surface area contributed by atoms with Gasteiger partial charge in [-0.2, -0.15) is 0 Å². The van der Waals surface area contributed by atoms with Crippen molar-refractivity contribution in [2.45, 2.75) is 45.2 Å². The van der Waals surface area contributed by atoms with Crippen LogP contribution in [0.5, 0.6) is 5.75 Å². The maximum atomic E-state index is 13.3. The van der Waals surface area contributed by atoms with Crippen LogP contribution in [0, 0.1) is 0 Å². The Morgan fingerprint density at radius 1 is 1.08 bits per heavy atom. The number of aliphatic hydroxyl groups is 1. The van der Waals surface area contributed by atoms with Gasteiger partial charge in [0.25, 0.3) is 11.7 Å². The molecule has 192 valence electrons. The Labute approximate surface area is 217 Å². The van der Waals surface area contributed by atoms with Crippen LogP contribution in [-0.2, 0) is 21.5 Å². The van der Waals surface area contributed by atoms with E-state index in [2.05, 4.69) is 32.3 Å². The van der Waals surface area contributed by atoms with E-state index < -0.39 is 17.7 Å². The molecule has 1 fully saturated rings. The average Bonchev–Trinajstić information content (AvgIpc) is 3.49. The van der Waals surface area contributed by atoms with Gasteiger partial charge in [-0.3, -0.25) is 9.59 Å². The van der Waals surface area contributed by atoms with Crippen LogP contribution in [0.1, 0.15) is 49.9 Å². The molecule has 0 saturated carbocycles. The van der Waals surface area contributed by atoms with Crippen LogP contribution in [0.4, 0.5) is 0 Å². The van der Waals surface area contributed by atoms with E-state index in [1.54, 1.807) is 47.8 Å². The minimum atomic E-state index is -0.687. The molecule has 7 heteroatoms. The number of amides is 1. The summed E-state index contributed by atoms with van der Waals surface area (Å²) in [4.78, 5) is 32.1. The molecule has 1 aromatic heterocycles. The van der Waals surface area contributed by atoms with E-state index in [1.807, 2.05) is 35.0 Å². The van der Waals surface area contributed by atoms with Gasteiger partial charge in [0.15, 0.2) is 0 Å². The zero-order valence-corrected chi connectivity index (χ0v) is 21.6. The molecule has 1 amide bonds. The monoisotopic (exact) mass is 499 g/mol. The summed E-state index contributed by atoms with van der Waals surface area (Å²) in [7, 11) is 0. The van der Waals surface area contributed by atoms with Gasteiger partial charge in [0.2, 0.25) is 0 Å². The summed E-state index contributed by atoms with van der Waals surface area (Å²) in [6, 6.07) is 14.0. The lowest BCUT2D eigenvalue weighted by Crippen LogP contribution is -2.31. The van der Waals surface area contributed by atoms with E-state index >= 15 is 0 Å². The number of ketones is 1. The number of Topliss-reactive ketones (excluding diaryl/α,β-unsaturated/α-hetero) is 1. The first-order valence-corrected chi connectivity index (χ1v) is 12.4. The highest BCUT2D eigenvalue weighted by Crippen LogP contribution is 2.40. The van der Waals surface area contributed by atoms with Gasteiger partial charge in [-0.1, -0.05) is 57.7 Å². The van der Waals surface area contributed by atoms with Crippen molar-refractivity contribution in [1.82, 2.24) is 14.5 Å². The molecule has 7 nitrogen and oxygen atoms in total. The zero-order chi connectivity index (χ0) is 26.6. The number of benzene rings is 2. The van der Waals surface area contributed by atoms with Crippen molar-refractivity contribution in [3.8, 4) is 5.75 Å². The number of ether oxygens (including phenoxy) is 1. The summed E-state index contributed by atoms with van der Waals surface area (Å²) in [6.45, 7) is 11.4. The Hall–Kier alpha value is -4.13. The third kappa shape index (κ3) is 5.66. The van der Waals surface area contributed by atoms with Crippen molar-refractivity contribution in [1.29, 1.82) is 0 Å². The van der Waals surface area contributed by atoms with Gasteiger partial charge >= 0.3 is 0 Å². The lowest BCUT2D eigenvalue weighted by atomic mass is 9.85. The van der Waals surface area contributed by atoms with Gasteiger partial charge in [-0.25, -0.2) is 4.98 Å². The Balaban J connectivity index is 1.71. The Bertz CT molecular complexity index is 1280. The molecular formula is C30H33N3O4. The third-order valence-electron chi connectivity index (χ3n) is 6.50. The predicted molar refractivity (Wildman–Crippen MR) is 143 cm³/mol. The standard InChI is InChI=1S/C30H33N3O4/c1-5-19-37-24-13-9-22(10-14-24)27(34)25-26(21-7-11-23(12-8-21)30(2,3)4)33(29(36)28(25)35)17-6-16-32-18-15-31-20-32/h5,7-15,18,20,26,34H,1,6,16-17,19H2,2-4H3/b27-25+. The van der Waals surface area contributed by atoms with Gasteiger partial charge < -0.3 is 19.3 Å². The molecule has 1 aliphatic rings. The van der Waals surface area contributed by atoms with Crippen molar-refractivity contribution in [2.24, 2.45) is 0 Å². The first kappa shape index (κ1) is 25.9. The van der Waals surface area contributed by atoms with Crippen LogP contribution in [0.3, 0.4) is 0 Å². The number of aromatic nitrogens is 2. The van der Waals surface area contributed by atoms with Gasteiger partial charge in [-0.05, 0) is 47.2 Å². The molecule has 2 heterocycles. The molecule has 1 atom stereocenters. The molecule has 1 saturated heterocycles. The van der Waals surface area contributed by atoms with Gasteiger partial charge in [-0.15, -0.1) is 0 Å². The van der Waals surface area contributed by atoms with E-state index in [1.165, 1.54) is 0 Å². The zero-order valence-electron chi connectivity index (χ0n) is 21.6. The van der Waals surface area contributed by atoms with Crippen LogP contribution >= 0.6 is 0 Å². The summed E-state index contributed by atoms with van der Waals surface area (Å²) >= 11 is 0. The van der Waals surface area contributed by atoms with Crippen molar-refractivity contribution in [3.63, 3.8) is 0 Å². The highest BCUT2D eigenvalue weighted by atomic mass is 16.5. The predicted octanol–water partition coefficient (Wildman–Crippen LogP) is 5.26. The number of carbonyl (C=O) groups is 2. The normalized spacial score (nSPS) is 17.3. The van der Waals surface area contributed by atoms with E-state index in [9.17, 15) is 14.7 Å². The summed E-state index contributed by atoms with van der Waals surface area (Å²) < 4.78 is 7.45. The minimum absolute atomic E-state index is 0.0411. The first-order valence-electron chi connectivity index (χ1n) is 12.4. The maximum Gasteiger partial charge on any atom is 0.295 e. The van der Waals surface area contributed by atoms with Crippen molar-refractivity contribution in [2.75, 3.05) is 13.2 Å². The van der Waals surface area contributed by atoms with Crippen LogP contribution in [-0.4, -0.2) is 44.4 Å². The summed E-state index contributed by atoms with van der Waals surface area (Å²) in [6.07, 6.45) is 7.57. The largest absolute Gasteiger partial charge is 0.507 e. The summed E-state index contributed by atoms with van der Waals surface area (Å²) in [5, 5.41) is 11.3. The SMILES string of the molecule is C=CCOc1ccc(/C(O)=C2\C(=O)C(=O)N(CCCn3ccnc3)C2c2ccc(C(C)(C)C)cc2)cc1. The maximum absolute atomic E-state index is 13.3. The number of hydrogen-bond acceptors (Lipinski definition) is 5. The van der Waals surface area contributed by atoms with Crippen LogP contribution in [0.25, 0.3) is 5.76 Å². The second-order valence-corrected chi connectivity index (χ2v) is 10.1. The van der Waals surface area contributed by atoms with E-state index in [4.69, 9.17) is 4.74 Å². The van der Waals surface area contributed by atoms with E-state index in [0.717, 1.165) is 11.1 Å². The number of likely N-dealkylation sites (tertiary alicyclic amines) is 1. The van der Waals surface area contributed by atoms with Crippen LogP contribution in [0.15, 0.2) is 85.5 Å². The number of hydrogen-bond donors (Lipinski definition) is 1. The van der Waals surface area contributed by atoms with Gasteiger partial charge in [0.1, 0.15) is 18.1 Å². The fraction of sp³-hybridized carbons (Fsp3) is 0.300. The fourth-order valence-corrected chi connectivity index (χ4v) is 4.48. The number of rotatable bonds is 9. The van der Waals surface area contributed by atoms with Gasteiger partial charge in [0, 0.05) is 31.0 Å².